The molecule has 0 aromatic rings. The summed E-state index contributed by atoms with van der Waals surface area (Å²) in [5, 5.41) is 6.05. The third-order valence-corrected chi connectivity index (χ3v) is 24.5. The van der Waals surface area contributed by atoms with Gasteiger partial charge in [-0.25, -0.2) is 9.59 Å². The molecule has 8 aliphatic carbocycles. The molecule has 6 fully saturated rings. The van der Waals surface area contributed by atoms with Crippen LogP contribution in [0.5, 0.6) is 0 Å². The predicted molar refractivity (Wildman–Crippen MR) is 288 cm³/mol. The Morgan fingerprint density at radius 3 is 1.37 bits per heavy atom. The van der Waals surface area contributed by atoms with Crippen LogP contribution in [0.15, 0.2) is 23.3 Å². The first-order chi connectivity index (χ1) is 32.5. The van der Waals surface area contributed by atoms with Crippen molar-refractivity contribution in [1.82, 2.24) is 10.6 Å². The van der Waals surface area contributed by atoms with Crippen LogP contribution < -0.4 is 10.6 Å². The number of hydrogen-bond acceptors (Lipinski definition) is 6. The lowest BCUT2D eigenvalue weighted by molar-refractivity contribution is -0.0581. The van der Waals surface area contributed by atoms with Gasteiger partial charge in [0.25, 0.3) is 0 Å². The number of carbonyl (C=O) groups excluding carboxylic acids is 2. The van der Waals surface area contributed by atoms with Gasteiger partial charge in [0, 0.05) is 37.4 Å². The lowest BCUT2D eigenvalue weighted by Crippen LogP contribution is -2.51. The fraction of sp³-hybridized carbons (Fsp3) is 0.900. The Balaban J connectivity index is 0.689. The van der Waals surface area contributed by atoms with Crippen molar-refractivity contribution in [2.24, 2.45) is 92.7 Å². The van der Waals surface area contributed by atoms with E-state index in [1.807, 2.05) is 0 Å². The molecule has 0 unspecified atom stereocenters. The summed E-state index contributed by atoms with van der Waals surface area (Å²) in [7, 11) is 3.47. The summed E-state index contributed by atoms with van der Waals surface area (Å²) in [5.74, 6) is 11.7. The van der Waals surface area contributed by atoms with Gasteiger partial charge < -0.3 is 20.1 Å². The van der Waals surface area contributed by atoms with Gasteiger partial charge in [0.15, 0.2) is 0 Å². The van der Waals surface area contributed by atoms with Crippen LogP contribution in [0.25, 0.3) is 0 Å². The normalized spacial score (nSPS) is 40.4. The second-order valence-electron chi connectivity index (χ2n) is 26.6. The molecule has 6 nitrogen and oxygen atoms in total. The van der Waals surface area contributed by atoms with Crippen molar-refractivity contribution in [2.45, 2.75) is 223 Å². The summed E-state index contributed by atoms with van der Waals surface area (Å²) < 4.78 is 12.1. The molecule has 0 radical (unpaired) electrons. The summed E-state index contributed by atoms with van der Waals surface area (Å²) in [6.07, 6.45) is 32.8. The minimum Gasteiger partial charge on any atom is -0.446 e. The van der Waals surface area contributed by atoms with Gasteiger partial charge in [0.2, 0.25) is 0 Å². The molecular weight excluding hydrogens is 877 g/mol. The molecule has 8 heteroatoms. The quantitative estimate of drug-likeness (QED) is 0.0763. The highest BCUT2D eigenvalue weighted by atomic mass is 33.1. The lowest BCUT2D eigenvalue weighted by atomic mass is 9.47. The van der Waals surface area contributed by atoms with Crippen LogP contribution in [-0.4, -0.2) is 49.0 Å². The van der Waals surface area contributed by atoms with Crippen molar-refractivity contribution in [3.8, 4) is 0 Å². The standard InChI is InChI=1S/C60H100N2O4S2/c1-39(2)13-11-15-41(5)49-21-23-51-47-19-17-43-37-45(25-29-57(43,7)53(47)27-31-59(49,51)9)65-55(63)61-33-35-67-68-36-34-62-56(64)66-46-26-30-58(8)44(38-46)18-20-48-52-24-22-50(42(6)16-12-14-40(3)4)60(52,10)32-28-54(48)58/h17-18,39-42,45-54H,11-16,19-38H2,1-10H3,(H,61,63)(H,62,64)/t41-,42-,45+,46+,47+,48+,49-,50-,51+,52+,53+,54+,57+,58+,59-,60-/m1/s1. The van der Waals surface area contributed by atoms with Gasteiger partial charge in [-0.15, -0.1) is 0 Å². The van der Waals surface area contributed by atoms with E-state index >= 15 is 0 Å². The number of allylic oxidation sites excluding steroid dienone is 2. The molecular formula is C60H100N2O4S2. The number of amides is 2. The number of hydrogen-bond donors (Lipinski definition) is 2. The number of fused-ring (bicyclic) bond motifs is 10. The maximum Gasteiger partial charge on any atom is 0.407 e. The minimum atomic E-state index is -0.274. The zero-order chi connectivity index (χ0) is 48.4. The van der Waals surface area contributed by atoms with Crippen LogP contribution in [0, 0.1) is 92.7 Å². The fourth-order valence-corrected chi connectivity index (χ4v) is 20.2. The van der Waals surface area contributed by atoms with Crippen LogP contribution in [0.3, 0.4) is 0 Å². The van der Waals surface area contributed by atoms with Crippen molar-refractivity contribution < 1.29 is 19.1 Å². The molecule has 0 bridgehead atoms. The monoisotopic (exact) mass is 977 g/mol. The van der Waals surface area contributed by atoms with E-state index in [1.165, 1.54) is 103 Å². The zero-order valence-electron chi connectivity index (χ0n) is 45.1. The SMILES string of the molecule is CC(C)CCC[C@@H](C)[C@H]1CC[C@H]2[C@@H]3CC=C4C[C@@H](OC(=O)NCCSSCCNC(=O)O[C@H]5CC[C@@]6(C)C(=CC[C@H]7[C@@H]8CC[C@H]([C@H](C)CCCC(C)C)[C@@]8(C)CC[C@@H]76)C5)CC[C@]4(C)[C@H]3CC[C@]12C. The molecule has 8 rings (SSSR count). The highest BCUT2D eigenvalue weighted by Gasteiger charge is 2.61. The van der Waals surface area contributed by atoms with E-state index < -0.39 is 0 Å². The van der Waals surface area contributed by atoms with E-state index in [1.54, 1.807) is 32.7 Å². The first-order valence-corrected chi connectivity index (χ1v) is 31.5. The van der Waals surface area contributed by atoms with Crippen LogP contribution in [0.2, 0.25) is 0 Å². The lowest BCUT2D eigenvalue weighted by Gasteiger charge is -2.58. The topological polar surface area (TPSA) is 76.7 Å². The van der Waals surface area contributed by atoms with Gasteiger partial charge >= 0.3 is 12.2 Å². The molecule has 68 heavy (non-hydrogen) atoms. The molecule has 0 spiro atoms. The maximum absolute atomic E-state index is 12.9. The molecule has 8 aliphatic rings. The van der Waals surface area contributed by atoms with Crippen LogP contribution in [0.1, 0.15) is 210 Å². The number of ether oxygens (including phenoxy) is 2. The molecule has 386 valence electrons. The molecule has 0 saturated heterocycles. The highest BCUT2D eigenvalue weighted by Crippen LogP contribution is 2.69. The summed E-state index contributed by atoms with van der Waals surface area (Å²) in [6, 6.07) is 0. The summed E-state index contributed by atoms with van der Waals surface area (Å²) in [5.41, 5.74) is 4.71. The third kappa shape index (κ3) is 11.1. The van der Waals surface area contributed by atoms with Gasteiger partial charge in [0.05, 0.1) is 0 Å². The Labute approximate surface area is 424 Å². The summed E-state index contributed by atoms with van der Waals surface area (Å²) in [6.45, 7) is 26.3. The Kier molecular flexibility index (Phi) is 17.5. The van der Waals surface area contributed by atoms with Crippen molar-refractivity contribution in [3.63, 3.8) is 0 Å². The summed E-state index contributed by atoms with van der Waals surface area (Å²) >= 11 is 0. The smallest absolute Gasteiger partial charge is 0.407 e. The second-order valence-corrected chi connectivity index (χ2v) is 29.3. The second kappa shape index (κ2) is 22.5. The van der Waals surface area contributed by atoms with Gasteiger partial charge in [-0.2, -0.15) is 0 Å². The Morgan fingerprint density at radius 1 is 0.559 bits per heavy atom. The minimum absolute atomic E-state index is 0.0215. The van der Waals surface area contributed by atoms with Gasteiger partial charge in [-0.3, -0.25) is 0 Å². The fourth-order valence-electron chi connectivity index (χ4n) is 18.4. The van der Waals surface area contributed by atoms with Gasteiger partial charge in [-0.1, -0.05) is 153 Å². The first kappa shape index (κ1) is 53.0. The van der Waals surface area contributed by atoms with Crippen molar-refractivity contribution in [3.05, 3.63) is 23.3 Å². The largest absolute Gasteiger partial charge is 0.446 e. The Morgan fingerprint density at radius 2 is 0.971 bits per heavy atom. The average Bonchev–Trinajstić information content (AvgIpc) is 3.84. The van der Waals surface area contributed by atoms with E-state index in [9.17, 15) is 9.59 Å². The number of alkyl carbamates (subject to hydrolysis) is 2. The van der Waals surface area contributed by atoms with Gasteiger partial charge in [-0.05, 0) is 183 Å². The van der Waals surface area contributed by atoms with Crippen LogP contribution in [0.4, 0.5) is 9.59 Å². The number of nitrogens with one attached hydrogen (secondary N) is 2. The molecule has 16 atom stereocenters. The maximum atomic E-state index is 12.9. The first-order valence-electron chi connectivity index (χ1n) is 29.0. The Bertz CT molecular complexity index is 1660. The average molecular weight is 978 g/mol. The van der Waals surface area contributed by atoms with E-state index in [0.29, 0.717) is 23.9 Å². The Hall–Kier alpha value is -1.28. The molecule has 6 saturated carbocycles. The molecule has 2 amide bonds. The van der Waals surface area contributed by atoms with Crippen molar-refractivity contribution >= 4 is 33.8 Å². The molecule has 0 heterocycles. The van der Waals surface area contributed by atoms with Crippen LogP contribution in [-0.2, 0) is 9.47 Å². The molecule has 2 N–H and O–H groups in total. The van der Waals surface area contributed by atoms with E-state index in [-0.39, 0.29) is 35.2 Å². The van der Waals surface area contributed by atoms with Gasteiger partial charge in [0.1, 0.15) is 12.2 Å². The number of rotatable bonds is 19. The van der Waals surface area contributed by atoms with Crippen LogP contribution >= 0.6 is 21.6 Å². The molecule has 0 aliphatic heterocycles. The highest BCUT2D eigenvalue weighted by molar-refractivity contribution is 8.76. The zero-order valence-corrected chi connectivity index (χ0v) is 46.7. The van der Waals surface area contributed by atoms with E-state index in [2.05, 4.69) is 92.0 Å². The predicted octanol–water partition coefficient (Wildman–Crippen LogP) is 16.6. The third-order valence-electron chi connectivity index (χ3n) is 22.1. The summed E-state index contributed by atoms with van der Waals surface area (Å²) in [4.78, 5) is 25.9. The van der Waals surface area contributed by atoms with Crippen molar-refractivity contribution in [2.75, 3.05) is 24.6 Å². The van der Waals surface area contributed by atoms with Crippen molar-refractivity contribution in [1.29, 1.82) is 0 Å². The van der Waals surface area contributed by atoms with E-state index in [4.69, 9.17) is 9.47 Å². The van der Waals surface area contributed by atoms with E-state index in [0.717, 1.165) is 121 Å². The molecule has 0 aromatic heterocycles. The molecule has 0 aromatic carbocycles. The number of carbonyl (C=O) groups is 2.